The van der Waals surface area contributed by atoms with Crippen LogP contribution in [0.3, 0.4) is 0 Å². The zero-order valence-corrected chi connectivity index (χ0v) is 8.19. The maximum atomic E-state index is 11.6. The van der Waals surface area contributed by atoms with Gasteiger partial charge in [-0.2, -0.15) is 0 Å². The van der Waals surface area contributed by atoms with E-state index in [2.05, 4.69) is 15.4 Å². The number of hydrogen-bond donors (Lipinski definition) is 2. The van der Waals surface area contributed by atoms with Crippen molar-refractivity contribution < 1.29 is 18.3 Å². The maximum absolute atomic E-state index is 11.6. The van der Waals surface area contributed by atoms with Gasteiger partial charge in [0.1, 0.15) is 6.61 Å². The molecule has 0 aliphatic carbocycles. The first-order valence-corrected chi connectivity index (χ1v) is 4.54. The summed E-state index contributed by atoms with van der Waals surface area (Å²) in [4.78, 5) is 10.9. The molecule has 0 rings (SSSR count). The Hall–Kier alpha value is -0.910. The molecular formula is C8H16F2N2O2. The summed E-state index contributed by atoms with van der Waals surface area (Å²) in [6.45, 7) is 2.29. The maximum Gasteiger partial charge on any atom is 0.314 e. The zero-order chi connectivity index (χ0) is 10.8. The topological polar surface area (TPSA) is 50.4 Å². The Kier molecular flexibility index (Phi) is 8.11. The van der Waals surface area contributed by atoms with Crippen LogP contribution in [-0.4, -0.2) is 38.8 Å². The summed E-state index contributed by atoms with van der Waals surface area (Å²) in [6, 6.07) is -0.299. The van der Waals surface area contributed by atoms with Gasteiger partial charge < -0.3 is 15.4 Å². The van der Waals surface area contributed by atoms with E-state index in [1.54, 1.807) is 0 Å². The summed E-state index contributed by atoms with van der Waals surface area (Å²) < 4.78 is 27.7. The van der Waals surface area contributed by atoms with Crippen LogP contribution in [0.15, 0.2) is 0 Å². The molecule has 0 radical (unpaired) electrons. The lowest BCUT2D eigenvalue weighted by molar-refractivity contribution is 0.0193. The van der Waals surface area contributed by atoms with Crippen LogP contribution in [0.25, 0.3) is 0 Å². The fourth-order valence-electron chi connectivity index (χ4n) is 0.710. The smallest absolute Gasteiger partial charge is 0.314 e. The predicted octanol–water partition coefficient (Wildman–Crippen LogP) is 0.977. The lowest BCUT2D eigenvalue weighted by atomic mass is 10.5. The molecule has 0 aromatic rings. The Morgan fingerprint density at radius 1 is 1.36 bits per heavy atom. The molecule has 0 spiro atoms. The quantitative estimate of drug-likeness (QED) is 0.615. The molecule has 0 fully saturated rings. The third-order valence-electron chi connectivity index (χ3n) is 1.31. The first-order valence-electron chi connectivity index (χ1n) is 4.54. The number of nitrogens with one attached hydrogen (secondary N) is 2. The van der Waals surface area contributed by atoms with Crippen LogP contribution in [0, 0.1) is 0 Å². The number of ether oxygens (including phenoxy) is 1. The fourth-order valence-corrected chi connectivity index (χ4v) is 0.710. The lowest BCUT2D eigenvalue weighted by Crippen LogP contribution is -2.37. The third kappa shape index (κ3) is 9.18. The Labute approximate surface area is 82.0 Å². The van der Waals surface area contributed by atoms with Crippen molar-refractivity contribution in [3.63, 3.8) is 0 Å². The van der Waals surface area contributed by atoms with Gasteiger partial charge in [-0.1, -0.05) is 6.92 Å². The van der Waals surface area contributed by atoms with Crippen molar-refractivity contribution in [2.24, 2.45) is 0 Å². The van der Waals surface area contributed by atoms with Crippen LogP contribution in [0.1, 0.15) is 13.3 Å². The van der Waals surface area contributed by atoms with Crippen LogP contribution < -0.4 is 10.6 Å². The van der Waals surface area contributed by atoms with Gasteiger partial charge >= 0.3 is 6.03 Å². The van der Waals surface area contributed by atoms with Crippen molar-refractivity contribution in [1.29, 1.82) is 0 Å². The summed E-state index contributed by atoms with van der Waals surface area (Å²) in [5.41, 5.74) is 0. The van der Waals surface area contributed by atoms with Gasteiger partial charge in [-0.15, -0.1) is 0 Å². The Bertz CT molecular complexity index is 156. The second-order valence-electron chi connectivity index (χ2n) is 2.65. The summed E-state index contributed by atoms with van der Waals surface area (Å²) in [5.74, 6) is 0. The molecule has 2 amide bonds. The van der Waals surface area contributed by atoms with E-state index in [4.69, 9.17) is 0 Å². The molecule has 0 heterocycles. The van der Waals surface area contributed by atoms with Crippen molar-refractivity contribution in [2.75, 3.05) is 26.3 Å². The average molecular weight is 210 g/mol. The van der Waals surface area contributed by atoms with E-state index in [0.29, 0.717) is 6.54 Å². The molecule has 0 aromatic heterocycles. The Morgan fingerprint density at radius 2 is 2.00 bits per heavy atom. The molecule has 0 saturated carbocycles. The second-order valence-corrected chi connectivity index (χ2v) is 2.65. The van der Waals surface area contributed by atoms with E-state index in [9.17, 15) is 13.6 Å². The van der Waals surface area contributed by atoms with Crippen molar-refractivity contribution >= 4 is 6.03 Å². The highest BCUT2D eigenvalue weighted by Gasteiger charge is 2.01. The van der Waals surface area contributed by atoms with Gasteiger partial charge in [-0.3, -0.25) is 0 Å². The van der Waals surface area contributed by atoms with E-state index in [1.165, 1.54) is 0 Å². The van der Waals surface area contributed by atoms with Crippen LogP contribution in [0.4, 0.5) is 13.6 Å². The molecule has 84 valence electrons. The first-order chi connectivity index (χ1) is 6.66. The number of hydrogen-bond acceptors (Lipinski definition) is 2. The van der Waals surface area contributed by atoms with Gasteiger partial charge in [-0.05, 0) is 6.42 Å². The molecule has 14 heavy (non-hydrogen) atoms. The molecule has 0 aliphatic heterocycles. The summed E-state index contributed by atoms with van der Waals surface area (Å²) in [7, 11) is 0. The molecule has 0 bridgehead atoms. The van der Waals surface area contributed by atoms with Crippen LogP contribution in [0.5, 0.6) is 0 Å². The van der Waals surface area contributed by atoms with E-state index in [0.717, 1.165) is 6.42 Å². The number of amides is 2. The van der Waals surface area contributed by atoms with Crippen molar-refractivity contribution in [3.05, 3.63) is 0 Å². The SMILES string of the molecule is CCCNC(=O)NCCOCC(F)F. The lowest BCUT2D eigenvalue weighted by Gasteiger charge is -2.06. The van der Waals surface area contributed by atoms with Gasteiger partial charge in [0.25, 0.3) is 6.43 Å². The van der Waals surface area contributed by atoms with Gasteiger partial charge in [0, 0.05) is 13.1 Å². The van der Waals surface area contributed by atoms with Gasteiger partial charge in [0.15, 0.2) is 0 Å². The molecule has 0 aromatic carbocycles. The van der Waals surface area contributed by atoms with Gasteiger partial charge in [0.2, 0.25) is 0 Å². The Morgan fingerprint density at radius 3 is 2.57 bits per heavy atom. The van der Waals surface area contributed by atoms with Gasteiger partial charge in [0.05, 0.1) is 6.61 Å². The van der Waals surface area contributed by atoms with E-state index in [-0.39, 0.29) is 19.2 Å². The van der Waals surface area contributed by atoms with Crippen LogP contribution in [-0.2, 0) is 4.74 Å². The number of carbonyl (C=O) groups excluding carboxylic acids is 1. The molecule has 0 unspecified atom stereocenters. The van der Waals surface area contributed by atoms with Crippen LogP contribution >= 0.6 is 0 Å². The van der Waals surface area contributed by atoms with E-state index >= 15 is 0 Å². The standard InChI is InChI=1S/C8H16F2N2O2/c1-2-3-11-8(13)12-4-5-14-6-7(9)10/h7H,2-6H2,1H3,(H2,11,12,13). The minimum Gasteiger partial charge on any atom is -0.374 e. The summed E-state index contributed by atoms with van der Waals surface area (Å²) >= 11 is 0. The van der Waals surface area contributed by atoms with E-state index < -0.39 is 13.0 Å². The van der Waals surface area contributed by atoms with Gasteiger partial charge in [-0.25, -0.2) is 13.6 Å². The monoisotopic (exact) mass is 210 g/mol. The molecular weight excluding hydrogens is 194 g/mol. The number of alkyl halides is 2. The third-order valence-corrected chi connectivity index (χ3v) is 1.31. The fraction of sp³-hybridized carbons (Fsp3) is 0.875. The minimum atomic E-state index is -2.45. The number of carbonyl (C=O) groups is 1. The summed E-state index contributed by atoms with van der Waals surface area (Å²) in [6.07, 6.45) is -1.60. The normalized spacial score (nSPS) is 10.3. The molecule has 4 nitrogen and oxygen atoms in total. The number of urea groups is 1. The minimum absolute atomic E-state index is 0.101. The number of halogens is 2. The molecule has 0 aliphatic rings. The Balaban J connectivity index is 3.15. The predicted molar refractivity (Wildman–Crippen MR) is 48.5 cm³/mol. The highest BCUT2D eigenvalue weighted by Crippen LogP contribution is 1.91. The number of rotatable bonds is 7. The highest BCUT2D eigenvalue weighted by molar-refractivity contribution is 5.73. The van der Waals surface area contributed by atoms with Crippen molar-refractivity contribution in [1.82, 2.24) is 10.6 Å². The molecule has 6 heteroatoms. The van der Waals surface area contributed by atoms with E-state index in [1.807, 2.05) is 6.92 Å². The largest absolute Gasteiger partial charge is 0.374 e. The molecule has 2 N–H and O–H groups in total. The average Bonchev–Trinajstić information content (AvgIpc) is 2.13. The van der Waals surface area contributed by atoms with Crippen molar-refractivity contribution in [3.8, 4) is 0 Å². The zero-order valence-electron chi connectivity index (χ0n) is 8.19. The highest BCUT2D eigenvalue weighted by atomic mass is 19.3. The summed E-state index contributed by atoms with van der Waals surface area (Å²) in [5, 5.41) is 5.05. The molecule has 0 saturated heterocycles. The van der Waals surface area contributed by atoms with Crippen molar-refractivity contribution in [2.45, 2.75) is 19.8 Å². The molecule has 0 atom stereocenters. The van der Waals surface area contributed by atoms with Crippen LogP contribution in [0.2, 0.25) is 0 Å². The second kappa shape index (κ2) is 8.68. The first kappa shape index (κ1) is 13.1.